The molecule has 0 aliphatic heterocycles. The number of nitrogens with two attached hydrogens (primary N) is 1. The molecule has 2 rings (SSSR count). The van der Waals surface area contributed by atoms with Gasteiger partial charge in [-0.2, -0.15) is 5.10 Å². The fourth-order valence-corrected chi connectivity index (χ4v) is 2.12. The fraction of sp³-hybridized carbons (Fsp3) is 0.400. The Morgan fingerprint density at radius 2 is 1.89 bits per heavy atom. The molecule has 1 heterocycles. The molecular weight excluding hydrogens is 222 g/mol. The highest BCUT2D eigenvalue weighted by atomic mass is 15.3. The summed E-state index contributed by atoms with van der Waals surface area (Å²) in [4.78, 5) is 0. The van der Waals surface area contributed by atoms with Crippen molar-refractivity contribution >= 4 is 0 Å². The lowest BCUT2D eigenvalue weighted by molar-refractivity contribution is 0.647. The summed E-state index contributed by atoms with van der Waals surface area (Å²) in [6.45, 7) is 5.00. The van der Waals surface area contributed by atoms with Crippen molar-refractivity contribution in [2.24, 2.45) is 18.7 Å². The molecule has 0 amide bonds. The van der Waals surface area contributed by atoms with Gasteiger partial charge in [0.2, 0.25) is 0 Å². The lowest BCUT2D eigenvalue weighted by Crippen LogP contribution is -2.03. The largest absolute Gasteiger partial charge is 0.325 e. The Morgan fingerprint density at radius 3 is 2.39 bits per heavy atom. The molecule has 18 heavy (non-hydrogen) atoms. The number of rotatable bonds is 4. The molecule has 0 radical (unpaired) electrons. The van der Waals surface area contributed by atoms with Crippen molar-refractivity contribution in [2.75, 3.05) is 0 Å². The van der Waals surface area contributed by atoms with Gasteiger partial charge in [0.25, 0.3) is 0 Å². The van der Waals surface area contributed by atoms with Gasteiger partial charge in [0.1, 0.15) is 0 Å². The first-order valence-electron chi connectivity index (χ1n) is 6.42. The highest BCUT2D eigenvalue weighted by molar-refractivity contribution is 5.59. The molecule has 0 fully saturated rings. The van der Waals surface area contributed by atoms with Gasteiger partial charge in [-0.3, -0.25) is 4.68 Å². The van der Waals surface area contributed by atoms with Gasteiger partial charge in [-0.05, 0) is 24.0 Å². The first-order chi connectivity index (χ1) is 8.60. The zero-order valence-electron chi connectivity index (χ0n) is 11.4. The Morgan fingerprint density at radius 1 is 1.22 bits per heavy atom. The van der Waals surface area contributed by atoms with E-state index in [2.05, 4.69) is 49.3 Å². The van der Waals surface area contributed by atoms with Crippen LogP contribution in [0.2, 0.25) is 0 Å². The third-order valence-corrected chi connectivity index (χ3v) is 3.08. The molecule has 0 saturated heterocycles. The van der Waals surface area contributed by atoms with Crippen LogP contribution in [0.5, 0.6) is 0 Å². The topological polar surface area (TPSA) is 43.8 Å². The second-order valence-corrected chi connectivity index (χ2v) is 5.14. The van der Waals surface area contributed by atoms with E-state index in [1.54, 1.807) is 0 Å². The summed E-state index contributed by atoms with van der Waals surface area (Å²) >= 11 is 0. The molecule has 2 N–H and O–H groups in total. The maximum absolute atomic E-state index is 5.66. The van der Waals surface area contributed by atoms with E-state index in [1.165, 1.54) is 5.56 Å². The van der Waals surface area contributed by atoms with E-state index in [-0.39, 0.29) is 0 Å². The van der Waals surface area contributed by atoms with Crippen molar-refractivity contribution in [1.29, 1.82) is 0 Å². The smallest absolute Gasteiger partial charge is 0.0926 e. The van der Waals surface area contributed by atoms with Crippen LogP contribution < -0.4 is 5.73 Å². The molecule has 0 aliphatic rings. The number of aromatic nitrogens is 2. The second-order valence-electron chi connectivity index (χ2n) is 5.14. The van der Waals surface area contributed by atoms with Crippen LogP contribution >= 0.6 is 0 Å². The summed E-state index contributed by atoms with van der Waals surface area (Å²) in [5.74, 6) is 0.689. The summed E-state index contributed by atoms with van der Waals surface area (Å²) in [7, 11) is 1.93. The van der Waals surface area contributed by atoms with Gasteiger partial charge >= 0.3 is 0 Å². The molecule has 0 bridgehead atoms. The molecule has 0 saturated carbocycles. The van der Waals surface area contributed by atoms with Crippen LogP contribution in [0.15, 0.2) is 30.3 Å². The van der Waals surface area contributed by atoms with E-state index in [0.717, 1.165) is 23.4 Å². The Balaban J connectivity index is 2.22. The summed E-state index contributed by atoms with van der Waals surface area (Å²) in [5, 5.41) is 4.48. The Bertz CT molecular complexity index is 509. The third-order valence-electron chi connectivity index (χ3n) is 3.08. The fourth-order valence-electron chi connectivity index (χ4n) is 2.12. The Kier molecular flexibility index (Phi) is 3.82. The normalized spacial score (nSPS) is 11.2. The van der Waals surface area contributed by atoms with Gasteiger partial charge in [0, 0.05) is 19.2 Å². The van der Waals surface area contributed by atoms with E-state index in [0.29, 0.717) is 12.5 Å². The number of nitrogens with zero attached hydrogens (tertiary/aromatic N) is 2. The van der Waals surface area contributed by atoms with E-state index < -0.39 is 0 Å². The zero-order chi connectivity index (χ0) is 13.1. The number of aryl methyl sites for hydroxylation is 1. The van der Waals surface area contributed by atoms with Gasteiger partial charge in [0.05, 0.1) is 11.4 Å². The van der Waals surface area contributed by atoms with Crippen LogP contribution in [-0.2, 0) is 20.0 Å². The van der Waals surface area contributed by atoms with Gasteiger partial charge in [0.15, 0.2) is 0 Å². The molecule has 96 valence electrons. The predicted molar refractivity (Wildman–Crippen MR) is 75.1 cm³/mol. The molecule has 0 unspecified atom stereocenters. The number of benzene rings is 1. The lowest BCUT2D eigenvalue weighted by atomic mass is 10.0. The van der Waals surface area contributed by atoms with Crippen molar-refractivity contribution < 1.29 is 0 Å². The van der Waals surface area contributed by atoms with E-state index in [1.807, 2.05) is 11.7 Å². The summed E-state index contributed by atoms with van der Waals surface area (Å²) < 4.78 is 1.84. The maximum Gasteiger partial charge on any atom is 0.0926 e. The predicted octanol–water partition coefficient (Wildman–Crippen LogP) is 2.74. The number of hydrogen-bond acceptors (Lipinski definition) is 2. The molecule has 1 aromatic carbocycles. The molecule has 3 heteroatoms. The van der Waals surface area contributed by atoms with E-state index in [9.17, 15) is 0 Å². The third kappa shape index (κ3) is 2.79. The average Bonchev–Trinajstić information content (AvgIpc) is 2.71. The molecule has 0 atom stereocenters. The lowest BCUT2D eigenvalue weighted by Gasteiger charge is -2.05. The van der Waals surface area contributed by atoms with Gasteiger partial charge < -0.3 is 5.73 Å². The van der Waals surface area contributed by atoms with Crippen molar-refractivity contribution in [2.45, 2.75) is 26.8 Å². The minimum absolute atomic E-state index is 0.523. The Hall–Kier alpha value is -1.61. The molecule has 1 aromatic heterocycles. The summed E-state index contributed by atoms with van der Waals surface area (Å²) in [5.41, 5.74) is 10.2. The highest BCUT2D eigenvalue weighted by Gasteiger charge is 2.06. The van der Waals surface area contributed by atoms with Crippen molar-refractivity contribution in [3.05, 3.63) is 41.6 Å². The zero-order valence-corrected chi connectivity index (χ0v) is 11.4. The van der Waals surface area contributed by atoms with Crippen LogP contribution in [-0.4, -0.2) is 9.78 Å². The summed E-state index contributed by atoms with van der Waals surface area (Å²) in [6, 6.07) is 10.7. The highest BCUT2D eigenvalue weighted by Crippen LogP contribution is 2.20. The van der Waals surface area contributed by atoms with Gasteiger partial charge in [-0.15, -0.1) is 0 Å². The van der Waals surface area contributed by atoms with E-state index in [4.69, 9.17) is 5.73 Å². The summed E-state index contributed by atoms with van der Waals surface area (Å²) in [6.07, 6.45) is 1.12. The first-order valence-corrected chi connectivity index (χ1v) is 6.42. The van der Waals surface area contributed by atoms with Crippen LogP contribution in [0.1, 0.15) is 25.1 Å². The molecular formula is C15H21N3. The first kappa shape index (κ1) is 12.8. The van der Waals surface area contributed by atoms with Crippen LogP contribution in [0.4, 0.5) is 0 Å². The van der Waals surface area contributed by atoms with Gasteiger partial charge in [-0.1, -0.05) is 38.1 Å². The molecule has 0 spiro atoms. The molecule has 0 aliphatic carbocycles. The van der Waals surface area contributed by atoms with Gasteiger partial charge in [-0.25, -0.2) is 0 Å². The quantitative estimate of drug-likeness (QED) is 0.897. The molecule has 3 nitrogen and oxygen atoms in total. The van der Waals surface area contributed by atoms with Crippen molar-refractivity contribution in [1.82, 2.24) is 9.78 Å². The minimum Gasteiger partial charge on any atom is -0.325 e. The standard InChI is InChI=1S/C15H21N3/c1-11(2)8-12-4-6-13(7-5-12)15-9-14(10-16)18(3)17-15/h4-7,9,11H,8,10,16H2,1-3H3. The van der Waals surface area contributed by atoms with Crippen LogP contribution in [0, 0.1) is 5.92 Å². The van der Waals surface area contributed by atoms with Crippen LogP contribution in [0.25, 0.3) is 11.3 Å². The second kappa shape index (κ2) is 5.36. The molecule has 2 aromatic rings. The Labute approximate surface area is 109 Å². The SMILES string of the molecule is CC(C)Cc1ccc(-c2cc(CN)n(C)n2)cc1. The van der Waals surface area contributed by atoms with Crippen molar-refractivity contribution in [3.8, 4) is 11.3 Å². The van der Waals surface area contributed by atoms with E-state index >= 15 is 0 Å². The van der Waals surface area contributed by atoms with Crippen molar-refractivity contribution in [3.63, 3.8) is 0 Å². The average molecular weight is 243 g/mol. The minimum atomic E-state index is 0.523. The maximum atomic E-state index is 5.66. The number of hydrogen-bond donors (Lipinski definition) is 1. The van der Waals surface area contributed by atoms with Crippen LogP contribution in [0.3, 0.4) is 0 Å². The monoisotopic (exact) mass is 243 g/mol.